The van der Waals surface area contributed by atoms with Crippen LogP contribution in [0.3, 0.4) is 0 Å². The quantitative estimate of drug-likeness (QED) is 0.0400. The molecule has 0 spiro atoms. The van der Waals surface area contributed by atoms with Crippen molar-refractivity contribution in [3.63, 3.8) is 0 Å². The fourth-order valence-corrected chi connectivity index (χ4v) is 7.58. The van der Waals surface area contributed by atoms with Crippen molar-refractivity contribution in [1.82, 2.24) is 5.32 Å². The van der Waals surface area contributed by atoms with Gasteiger partial charge in [-0.3, -0.25) is 4.79 Å². The zero-order valence-corrected chi connectivity index (χ0v) is 35.1. The van der Waals surface area contributed by atoms with Crippen molar-refractivity contribution in [2.75, 3.05) is 6.61 Å². The molecule has 0 aliphatic rings. The summed E-state index contributed by atoms with van der Waals surface area (Å²) in [5, 5.41) is 43.7. The Balaban J connectivity index is 3.63. The summed E-state index contributed by atoms with van der Waals surface area (Å²) in [7, 11) is 0. The SMILES string of the molecule is CCCCCCCCCCCCCCCCCCCCCCCCCC(O)C(=O)NC(CO)C(O)C(O)CCCCCCCCCCCCCCC. The van der Waals surface area contributed by atoms with Gasteiger partial charge in [-0.1, -0.05) is 245 Å². The number of aliphatic hydroxyl groups excluding tert-OH is 4. The Hall–Kier alpha value is -0.690. The molecule has 1 amide bonds. The predicted octanol–water partition coefficient (Wildman–Crippen LogP) is 12.4. The minimum Gasteiger partial charge on any atom is -0.394 e. The van der Waals surface area contributed by atoms with Crippen LogP contribution in [-0.2, 0) is 4.79 Å². The van der Waals surface area contributed by atoms with Crippen LogP contribution in [0.15, 0.2) is 0 Å². The number of nitrogens with one attached hydrogen (secondary N) is 1. The second kappa shape index (κ2) is 41.5. The molecule has 0 aromatic rings. The predicted molar refractivity (Wildman–Crippen MR) is 224 cm³/mol. The summed E-state index contributed by atoms with van der Waals surface area (Å²) in [4.78, 5) is 12.5. The minimum atomic E-state index is -1.25. The van der Waals surface area contributed by atoms with Crippen LogP contribution in [0.2, 0.25) is 0 Å². The van der Waals surface area contributed by atoms with Gasteiger partial charge in [-0.25, -0.2) is 0 Å². The molecule has 4 unspecified atom stereocenters. The lowest BCUT2D eigenvalue weighted by Crippen LogP contribution is -2.53. The van der Waals surface area contributed by atoms with E-state index < -0.39 is 36.9 Å². The first kappa shape index (κ1) is 51.3. The molecule has 0 heterocycles. The number of carbonyl (C=O) groups excluding carboxylic acids is 1. The third kappa shape index (κ3) is 35.0. The summed E-state index contributed by atoms with van der Waals surface area (Å²) in [6.07, 6.45) is 44.3. The van der Waals surface area contributed by atoms with Gasteiger partial charge in [0.25, 0.3) is 0 Å². The lowest BCUT2D eigenvalue weighted by molar-refractivity contribution is -0.132. The van der Waals surface area contributed by atoms with Crippen LogP contribution >= 0.6 is 0 Å². The van der Waals surface area contributed by atoms with E-state index >= 15 is 0 Å². The topological polar surface area (TPSA) is 110 Å². The Morgan fingerprint density at radius 1 is 0.404 bits per heavy atom. The fourth-order valence-electron chi connectivity index (χ4n) is 7.58. The molecule has 0 saturated carbocycles. The van der Waals surface area contributed by atoms with E-state index in [0.717, 1.165) is 38.5 Å². The maximum atomic E-state index is 12.5. The van der Waals surface area contributed by atoms with Crippen molar-refractivity contribution in [2.45, 2.75) is 282 Å². The van der Waals surface area contributed by atoms with Crippen LogP contribution in [0, 0.1) is 0 Å². The van der Waals surface area contributed by atoms with Gasteiger partial charge in [-0.2, -0.15) is 0 Å². The molecule has 0 bridgehead atoms. The van der Waals surface area contributed by atoms with Gasteiger partial charge in [-0.15, -0.1) is 0 Å². The van der Waals surface area contributed by atoms with Crippen molar-refractivity contribution in [1.29, 1.82) is 0 Å². The molecule has 0 aromatic heterocycles. The molecule has 0 rings (SSSR count). The van der Waals surface area contributed by atoms with E-state index in [9.17, 15) is 25.2 Å². The maximum absolute atomic E-state index is 12.5. The van der Waals surface area contributed by atoms with E-state index in [-0.39, 0.29) is 0 Å². The number of carbonyl (C=O) groups is 1. The minimum absolute atomic E-state index is 0.376. The number of hydrogen-bond donors (Lipinski definition) is 5. The van der Waals surface area contributed by atoms with Gasteiger partial charge >= 0.3 is 0 Å². The molecule has 312 valence electrons. The first-order chi connectivity index (χ1) is 25.5. The summed E-state index contributed by atoms with van der Waals surface area (Å²) in [5.74, 6) is -0.579. The number of amides is 1. The molecule has 52 heavy (non-hydrogen) atoms. The van der Waals surface area contributed by atoms with E-state index in [0.29, 0.717) is 12.8 Å². The van der Waals surface area contributed by atoms with E-state index in [1.54, 1.807) is 0 Å². The normalized spacial score (nSPS) is 14.0. The highest BCUT2D eigenvalue weighted by atomic mass is 16.3. The third-order valence-corrected chi connectivity index (χ3v) is 11.3. The van der Waals surface area contributed by atoms with E-state index in [1.165, 1.54) is 193 Å². The van der Waals surface area contributed by atoms with Crippen LogP contribution in [0.5, 0.6) is 0 Å². The van der Waals surface area contributed by atoms with Crippen LogP contribution in [-0.4, -0.2) is 57.3 Å². The molecule has 0 aromatic carbocycles. The summed E-state index contributed by atoms with van der Waals surface area (Å²) in [5.41, 5.74) is 0. The van der Waals surface area contributed by atoms with Gasteiger partial charge < -0.3 is 25.7 Å². The van der Waals surface area contributed by atoms with E-state index in [1.807, 2.05) is 0 Å². The van der Waals surface area contributed by atoms with Crippen LogP contribution in [0.4, 0.5) is 0 Å². The van der Waals surface area contributed by atoms with Gasteiger partial charge in [-0.05, 0) is 12.8 Å². The van der Waals surface area contributed by atoms with Crippen molar-refractivity contribution in [3.8, 4) is 0 Å². The summed E-state index contributed by atoms with van der Waals surface area (Å²) in [6, 6.07) is -0.978. The number of hydrogen-bond acceptors (Lipinski definition) is 5. The van der Waals surface area contributed by atoms with Gasteiger partial charge in [0, 0.05) is 0 Å². The van der Waals surface area contributed by atoms with E-state index in [4.69, 9.17) is 0 Å². The molecule has 5 N–H and O–H groups in total. The molecule has 0 saturated heterocycles. The second-order valence-corrected chi connectivity index (χ2v) is 16.5. The molecular weight excluding hydrogens is 647 g/mol. The van der Waals surface area contributed by atoms with Gasteiger partial charge in [0.05, 0.1) is 18.8 Å². The highest BCUT2D eigenvalue weighted by Gasteiger charge is 2.28. The highest BCUT2D eigenvalue weighted by molar-refractivity contribution is 5.80. The van der Waals surface area contributed by atoms with Crippen molar-refractivity contribution in [2.24, 2.45) is 0 Å². The zero-order valence-electron chi connectivity index (χ0n) is 35.1. The smallest absolute Gasteiger partial charge is 0.249 e. The Morgan fingerprint density at radius 2 is 0.654 bits per heavy atom. The van der Waals surface area contributed by atoms with Gasteiger partial charge in [0.2, 0.25) is 5.91 Å². The van der Waals surface area contributed by atoms with Crippen LogP contribution in [0.25, 0.3) is 0 Å². The van der Waals surface area contributed by atoms with Crippen molar-refractivity contribution >= 4 is 5.91 Å². The van der Waals surface area contributed by atoms with Gasteiger partial charge in [0.15, 0.2) is 0 Å². The van der Waals surface area contributed by atoms with Crippen molar-refractivity contribution < 1.29 is 25.2 Å². The monoisotopic (exact) mass is 740 g/mol. The molecule has 6 heteroatoms. The Morgan fingerprint density at radius 3 is 0.923 bits per heavy atom. The highest BCUT2D eigenvalue weighted by Crippen LogP contribution is 2.17. The Kier molecular flexibility index (Phi) is 40.9. The average molecular weight is 740 g/mol. The molecule has 0 radical (unpaired) electrons. The molecule has 0 aliphatic carbocycles. The third-order valence-electron chi connectivity index (χ3n) is 11.3. The number of rotatable bonds is 43. The second-order valence-electron chi connectivity index (χ2n) is 16.5. The maximum Gasteiger partial charge on any atom is 0.249 e. The summed E-state index contributed by atoms with van der Waals surface area (Å²) < 4.78 is 0. The van der Waals surface area contributed by atoms with Crippen LogP contribution in [0.1, 0.15) is 258 Å². The molecule has 4 atom stereocenters. The number of unbranched alkanes of at least 4 members (excludes halogenated alkanes) is 34. The lowest BCUT2D eigenvalue weighted by Gasteiger charge is -2.27. The largest absolute Gasteiger partial charge is 0.394 e. The first-order valence-electron chi connectivity index (χ1n) is 23.4. The average Bonchev–Trinajstić information content (AvgIpc) is 3.15. The Bertz CT molecular complexity index is 706. The standard InChI is InChI=1S/C46H93NO5/c1-3-5-7-9-11-13-15-17-18-19-20-21-22-23-24-25-26-28-30-32-34-36-38-40-44(50)46(52)47-42(41-48)45(51)43(49)39-37-35-33-31-29-27-16-14-12-10-8-6-4-2/h42-45,48-51H,3-41H2,1-2H3,(H,47,52). The Labute approximate surface area is 324 Å². The van der Waals surface area contributed by atoms with E-state index in [2.05, 4.69) is 19.2 Å². The van der Waals surface area contributed by atoms with Crippen LogP contribution < -0.4 is 5.32 Å². The van der Waals surface area contributed by atoms with Gasteiger partial charge in [0.1, 0.15) is 12.2 Å². The molecule has 0 aliphatic heterocycles. The molecule has 6 nitrogen and oxygen atoms in total. The zero-order chi connectivity index (χ0) is 38.2. The van der Waals surface area contributed by atoms with Crippen molar-refractivity contribution in [3.05, 3.63) is 0 Å². The summed E-state index contributed by atoms with van der Waals surface area (Å²) in [6.45, 7) is 4.07. The lowest BCUT2D eigenvalue weighted by atomic mass is 9.99. The molecular formula is C46H93NO5. The first-order valence-corrected chi connectivity index (χ1v) is 23.4. The fraction of sp³-hybridized carbons (Fsp3) is 0.978. The molecule has 0 fully saturated rings. The number of aliphatic hydroxyl groups is 4. The summed E-state index contributed by atoms with van der Waals surface area (Å²) >= 11 is 0.